The molecular weight excluding hydrogens is 306 g/mol. The molecule has 1 amide bonds. The van der Waals surface area contributed by atoms with Gasteiger partial charge < -0.3 is 9.80 Å². The second-order valence-corrected chi connectivity index (χ2v) is 6.79. The Kier molecular flexibility index (Phi) is 5.28. The first kappa shape index (κ1) is 16.0. The maximum Gasteiger partial charge on any atom is 0.222 e. The number of hydrogen-bond acceptors (Lipinski definition) is 4. The van der Waals surface area contributed by atoms with E-state index < -0.39 is 0 Å². The molecule has 4 nitrogen and oxygen atoms in total. The molecule has 0 aliphatic carbocycles. The number of pyridine rings is 1. The van der Waals surface area contributed by atoms with Crippen LogP contribution in [-0.2, 0) is 11.2 Å². The lowest BCUT2D eigenvalue weighted by molar-refractivity contribution is -0.130. The zero-order chi connectivity index (χ0) is 16.1. The molecule has 0 aromatic carbocycles. The van der Waals surface area contributed by atoms with Gasteiger partial charge in [-0.15, -0.1) is 0 Å². The van der Waals surface area contributed by atoms with Crippen LogP contribution < -0.4 is 4.90 Å². The van der Waals surface area contributed by atoms with Crippen molar-refractivity contribution in [2.75, 3.05) is 31.1 Å². The summed E-state index contributed by atoms with van der Waals surface area (Å²) < 4.78 is 0. The van der Waals surface area contributed by atoms with Gasteiger partial charge in [0.2, 0.25) is 5.91 Å². The van der Waals surface area contributed by atoms with Crippen molar-refractivity contribution in [2.45, 2.75) is 26.2 Å². The minimum atomic E-state index is 0.281. The third-order valence-electron chi connectivity index (χ3n) is 4.30. The van der Waals surface area contributed by atoms with Crippen molar-refractivity contribution < 1.29 is 4.79 Å². The smallest absolute Gasteiger partial charge is 0.222 e. The topological polar surface area (TPSA) is 36.4 Å². The standard InChI is InChI=1S/C18H23N3OS/c1-15-13-17(5-7-19-15)20-8-2-9-21(11-10-20)18(22)4-3-16-6-12-23-14-16/h5-7,12-14H,2-4,8-11H2,1H3. The van der Waals surface area contributed by atoms with E-state index in [1.54, 1.807) is 11.3 Å². The number of anilines is 1. The first-order valence-electron chi connectivity index (χ1n) is 8.19. The number of hydrogen-bond donors (Lipinski definition) is 0. The lowest BCUT2D eigenvalue weighted by Crippen LogP contribution is -2.35. The number of carbonyl (C=O) groups is 1. The fourth-order valence-electron chi connectivity index (χ4n) is 3.00. The molecule has 0 bridgehead atoms. The van der Waals surface area contributed by atoms with E-state index >= 15 is 0 Å². The molecule has 2 aromatic heterocycles. The molecule has 3 rings (SSSR count). The number of thiophene rings is 1. The summed E-state index contributed by atoms with van der Waals surface area (Å²) >= 11 is 1.69. The van der Waals surface area contributed by atoms with Gasteiger partial charge in [0.1, 0.15) is 0 Å². The predicted molar refractivity (Wildman–Crippen MR) is 95.0 cm³/mol. The Labute approximate surface area is 141 Å². The van der Waals surface area contributed by atoms with Crippen LogP contribution in [0.4, 0.5) is 5.69 Å². The van der Waals surface area contributed by atoms with Crippen molar-refractivity contribution in [1.82, 2.24) is 9.88 Å². The van der Waals surface area contributed by atoms with Gasteiger partial charge >= 0.3 is 0 Å². The van der Waals surface area contributed by atoms with E-state index in [1.165, 1.54) is 11.3 Å². The van der Waals surface area contributed by atoms with Crippen LogP contribution >= 0.6 is 11.3 Å². The van der Waals surface area contributed by atoms with Gasteiger partial charge in [-0.05, 0) is 54.3 Å². The molecular formula is C18H23N3OS. The van der Waals surface area contributed by atoms with Gasteiger partial charge in [0.05, 0.1) is 0 Å². The summed E-state index contributed by atoms with van der Waals surface area (Å²) in [7, 11) is 0. The zero-order valence-corrected chi connectivity index (χ0v) is 14.4. The Morgan fingerprint density at radius 2 is 2.17 bits per heavy atom. The van der Waals surface area contributed by atoms with Crippen LogP contribution in [-0.4, -0.2) is 42.0 Å². The van der Waals surface area contributed by atoms with Crippen molar-refractivity contribution in [1.29, 1.82) is 0 Å². The van der Waals surface area contributed by atoms with Gasteiger partial charge in [0.25, 0.3) is 0 Å². The minimum Gasteiger partial charge on any atom is -0.370 e. The highest BCUT2D eigenvalue weighted by Crippen LogP contribution is 2.17. The second-order valence-electron chi connectivity index (χ2n) is 6.01. The van der Waals surface area contributed by atoms with Crippen molar-refractivity contribution in [2.24, 2.45) is 0 Å². The first-order valence-corrected chi connectivity index (χ1v) is 9.13. The van der Waals surface area contributed by atoms with Crippen LogP contribution in [0.3, 0.4) is 0 Å². The quantitative estimate of drug-likeness (QED) is 0.865. The Morgan fingerprint density at radius 1 is 1.26 bits per heavy atom. The monoisotopic (exact) mass is 329 g/mol. The van der Waals surface area contributed by atoms with Gasteiger partial charge in [-0.1, -0.05) is 0 Å². The fourth-order valence-corrected chi connectivity index (χ4v) is 3.70. The molecule has 1 aliphatic heterocycles. The van der Waals surface area contributed by atoms with Gasteiger partial charge in [-0.3, -0.25) is 9.78 Å². The van der Waals surface area contributed by atoms with Crippen LogP contribution in [0.5, 0.6) is 0 Å². The van der Waals surface area contributed by atoms with Gasteiger partial charge in [-0.25, -0.2) is 0 Å². The van der Waals surface area contributed by atoms with Crippen LogP contribution in [0.25, 0.3) is 0 Å². The highest BCUT2D eigenvalue weighted by Gasteiger charge is 2.19. The molecule has 0 unspecified atom stereocenters. The average molecular weight is 329 g/mol. The van der Waals surface area contributed by atoms with Crippen molar-refractivity contribution in [3.63, 3.8) is 0 Å². The number of carbonyl (C=O) groups excluding carboxylic acids is 1. The lowest BCUT2D eigenvalue weighted by Gasteiger charge is -2.24. The summed E-state index contributed by atoms with van der Waals surface area (Å²) in [5.41, 5.74) is 3.52. The largest absolute Gasteiger partial charge is 0.370 e. The normalized spacial score (nSPS) is 15.5. The second kappa shape index (κ2) is 7.59. The number of rotatable bonds is 4. The molecule has 1 saturated heterocycles. The van der Waals surface area contributed by atoms with Crippen molar-refractivity contribution >= 4 is 22.9 Å². The number of nitrogens with zero attached hydrogens (tertiary/aromatic N) is 3. The van der Waals surface area contributed by atoms with Crippen LogP contribution in [0.15, 0.2) is 35.2 Å². The van der Waals surface area contributed by atoms with Crippen LogP contribution in [0.2, 0.25) is 0 Å². The number of aryl methyl sites for hydroxylation is 2. The Balaban J connectivity index is 1.54. The molecule has 0 radical (unpaired) electrons. The molecule has 122 valence electrons. The molecule has 2 aromatic rings. The van der Waals surface area contributed by atoms with E-state index in [0.29, 0.717) is 6.42 Å². The SMILES string of the molecule is Cc1cc(N2CCCN(C(=O)CCc3ccsc3)CC2)ccn1. The van der Waals surface area contributed by atoms with E-state index in [1.807, 2.05) is 18.0 Å². The maximum atomic E-state index is 12.4. The van der Waals surface area contributed by atoms with Crippen molar-refractivity contribution in [3.05, 3.63) is 46.4 Å². The molecule has 1 fully saturated rings. The van der Waals surface area contributed by atoms with E-state index in [4.69, 9.17) is 0 Å². The predicted octanol–water partition coefficient (Wildman–Crippen LogP) is 3.12. The Hall–Kier alpha value is -1.88. The zero-order valence-electron chi connectivity index (χ0n) is 13.6. The van der Waals surface area contributed by atoms with Gasteiger partial charge in [-0.2, -0.15) is 11.3 Å². The Morgan fingerprint density at radius 3 is 2.96 bits per heavy atom. The summed E-state index contributed by atoms with van der Waals surface area (Å²) in [6.45, 7) is 5.58. The summed E-state index contributed by atoms with van der Waals surface area (Å²) in [5, 5.41) is 4.20. The minimum absolute atomic E-state index is 0.281. The van der Waals surface area contributed by atoms with E-state index in [2.05, 4.69) is 38.8 Å². The number of amides is 1. The van der Waals surface area contributed by atoms with Crippen LogP contribution in [0.1, 0.15) is 24.1 Å². The van der Waals surface area contributed by atoms with E-state index in [-0.39, 0.29) is 5.91 Å². The molecule has 3 heterocycles. The van der Waals surface area contributed by atoms with E-state index in [0.717, 1.165) is 44.7 Å². The molecule has 23 heavy (non-hydrogen) atoms. The molecule has 0 saturated carbocycles. The highest BCUT2D eigenvalue weighted by molar-refractivity contribution is 7.07. The molecule has 1 aliphatic rings. The molecule has 5 heteroatoms. The van der Waals surface area contributed by atoms with E-state index in [9.17, 15) is 4.79 Å². The van der Waals surface area contributed by atoms with Gasteiger partial charge in [0.15, 0.2) is 0 Å². The Bertz CT molecular complexity index is 641. The lowest BCUT2D eigenvalue weighted by atomic mass is 10.2. The summed E-state index contributed by atoms with van der Waals surface area (Å²) in [4.78, 5) is 21.1. The number of aromatic nitrogens is 1. The fraction of sp³-hybridized carbons (Fsp3) is 0.444. The molecule has 0 atom stereocenters. The third-order valence-corrected chi connectivity index (χ3v) is 5.03. The first-order chi connectivity index (χ1) is 11.2. The maximum absolute atomic E-state index is 12.4. The summed E-state index contributed by atoms with van der Waals surface area (Å²) in [5.74, 6) is 0.281. The molecule has 0 N–H and O–H groups in total. The third kappa shape index (κ3) is 4.32. The summed E-state index contributed by atoms with van der Waals surface area (Å²) in [6.07, 6.45) is 4.35. The van der Waals surface area contributed by atoms with Gasteiger partial charge in [0, 0.05) is 50.2 Å². The van der Waals surface area contributed by atoms with Crippen molar-refractivity contribution in [3.8, 4) is 0 Å². The summed E-state index contributed by atoms with van der Waals surface area (Å²) in [6, 6.07) is 6.28. The van der Waals surface area contributed by atoms with Crippen LogP contribution in [0, 0.1) is 6.92 Å². The average Bonchev–Trinajstić information content (AvgIpc) is 2.95. The highest BCUT2D eigenvalue weighted by atomic mass is 32.1. The molecule has 0 spiro atoms.